The number of hydrogen-bond donors (Lipinski definition) is 0. The van der Waals surface area contributed by atoms with Crippen molar-refractivity contribution >= 4 is 6.29 Å². The average Bonchev–Trinajstić information content (AvgIpc) is 3.07. The molecule has 2 aromatic carbocycles. The molecule has 0 saturated heterocycles. The van der Waals surface area contributed by atoms with Crippen LogP contribution in [0.2, 0.25) is 0 Å². The van der Waals surface area contributed by atoms with E-state index in [0.29, 0.717) is 35.8 Å². The van der Waals surface area contributed by atoms with E-state index < -0.39 is 17.3 Å². The van der Waals surface area contributed by atoms with Crippen LogP contribution in [0.15, 0.2) is 59.9 Å². The highest BCUT2D eigenvalue weighted by molar-refractivity contribution is 5.61. The molecule has 1 aliphatic rings. The van der Waals surface area contributed by atoms with Crippen LogP contribution in [0.5, 0.6) is 11.5 Å². The van der Waals surface area contributed by atoms with E-state index >= 15 is 0 Å². The van der Waals surface area contributed by atoms with Gasteiger partial charge in [-0.05, 0) is 62.7 Å². The Hall–Kier alpha value is -2.96. The number of carbonyl (C=O) groups excluding carboxylic acids is 1. The van der Waals surface area contributed by atoms with Crippen molar-refractivity contribution in [2.24, 2.45) is 0 Å². The fourth-order valence-electron chi connectivity index (χ4n) is 3.04. The molecule has 0 spiro atoms. The molecule has 1 unspecified atom stereocenters. The number of hydrogen-bond acceptors (Lipinski definition) is 4. The molecule has 3 rings (SSSR count). The Morgan fingerprint density at radius 2 is 1.63 bits per heavy atom. The van der Waals surface area contributed by atoms with Crippen LogP contribution < -0.4 is 9.47 Å². The zero-order valence-corrected chi connectivity index (χ0v) is 17.0. The average molecular weight is 420 g/mol. The van der Waals surface area contributed by atoms with Crippen LogP contribution in [-0.2, 0) is 15.7 Å². The second-order valence-corrected chi connectivity index (χ2v) is 7.67. The molecular formula is C23H23F3O4. The lowest BCUT2D eigenvalue weighted by Crippen LogP contribution is -2.29. The Labute approximate surface area is 173 Å². The molecule has 160 valence electrons. The van der Waals surface area contributed by atoms with Gasteiger partial charge in [0.25, 0.3) is 0 Å². The van der Waals surface area contributed by atoms with E-state index in [1.165, 1.54) is 12.1 Å². The molecule has 0 fully saturated rings. The van der Waals surface area contributed by atoms with Gasteiger partial charge in [0, 0.05) is 12.0 Å². The number of allylic oxidation sites excluding steroid dienone is 1. The highest BCUT2D eigenvalue weighted by Crippen LogP contribution is 2.37. The summed E-state index contributed by atoms with van der Waals surface area (Å²) in [6.45, 7) is 5.48. The predicted octanol–water partition coefficient (Wildman–Crippen LogP) is 5.88. The van der Waals surface area contributed by atoms with E-state index in [-0.39, 0.29) is 6.10 Å². The topological polar surface area (TPSA) is 44.8 Å². The molecule has 0 N–H and O–H groups in total. The molecule has 0 aliphatic carbocycles. The lowest BCUT2D eigenvalue weighted by Gasteiger charge is -2.19. The largest absolute Gasteiger partial charge is 0.490 e. The first-order valence-electron chi connectivity index (χ1n) is 9.48. The Morgan fingerprint density at radius 3 is 2.20 bits per heavy atom. The Kier molecular flexibility index (Phi) is 6.10. The van der Waals surface area contributed by atoms with Crippen molar-refractivity contribution in [3.05, 3.63) is 71.0 Å². The van der Waals surface area contributed by atoms with E-state index in [4.69, 9.17) is 14.2 Å². The molecule has 0 bridgehead atoms. The minimum atomic E-state index is -4.36. The molecule has 1 atom stereocenters. The summed E-state index contributed by atoms with van der Waals surface area (Å²) >= 11 is 0. The highest BCUT2D eigenvalue weighted by Gasteiger charge is 2.31. The summed E-state index contributed by atoms with van der Waals surface area (Å²) < 4.78 is 55.4. The summed E-state index contributed by atoms with van der Waals surface area (Å²) in [4.78, 5) is 11.0. The SMILES string of the molecule is CC1=C(COc2ccc(OC(C)(C)C=O)cc2)CC(c2ccc(C(F)(F)F)cc2)O1. The standard InChI is InChI=1S/C23H23F3O4/c1-15-17(12-21(29-15)16-4-6-18(7-5-16)23(24,25)26)13-28-19-8-10-20(11-9-19)30-22(2,3)14-27/h4-11,14,21H,12-13H2,1-3H3. The molecule has 1 heterocycles. The first kappa shape index (κ1) is 21.7. The van der Waals surface area contributed by atoms with Gasteiger partial charge in [-0.3, -0.25) is 4.79 Å². The summed E-state index contributed by atoms with van der Waals surface area (Å²) in [5.41, 5.74) is 0.0547. The van der Waals surface area contributed by atoms with Gasteiger partial charge in [0.2, 0.25) is 0 Å². The van der Waals surface area contributed by atoms with Gasteiger partial charge in [-0.1, -0.05) is 12.1 Å². The predicted molar refractivity (Wildman–Crippen MR) is 105 cm³/mol. The van der Waals surface area contributed by atoms with Crippen molar-refractivity contribution in [2.75, 3.05) is 6.61 Å². The van der Waals surface area contributed by atoms with Crippen LogP contribution in [0.4, 0.5) is 13.2 Å². The van der Waals surface area contributed by atoms with Crippen molar-refractivity contribution in [1.82, 2.24) is 0 Å². The van der Waals surface area contributed by atoms with Gasteiger partial charge in [-0.15, -0.1) is 0 Å². The van der Waals surface area contributed by atoms with E-state index in [1.807, 2.05) is 6.92 Å². The third-order valence-electron chi connectivity index (χ3n) is 4.76. The number of aldehydes is 1. The fourth-order valence-corrected chi connectivity index (χ4v) is 3.04. The maximum Gasteiger partial charge on any atom is 0.416 e. The van der Waals surface area contributed by atoms with Gasteiger partial charge in [-0.25, -0.2) is 0 Å². The third kappa shape index (κ3) is 5.34. The van der Waals surface area contributed by atoms with Crippen molar-refractivity contribution in [1.29, 1.82) is 0 Å². The second-order valence-electron chi connectivity index (χ2n) is 7.67. The molecule has 4 nitrogen and oxygen atoms in total. The summed E-state index contributed by atoms with van der Waals surface area (Å²) in [5, 5.41) is 0. The van der Waals surface area contributed by atoms with E-state index in [2.05, 4.69) is 0 Å². The zero-order valence-electron chi connectivity index (χ0n) is 17.0. The molecule has 0 saturated carbocycles. The Balaban J connectivity index is 1.56. The molecule has 0 amide bonds. The number of carbonyl (C=O) groups is 1. The lowest BCUT2D eigenvalue weighted by molar-refractivity contribution is -0.137. The minimum absolute atomic E-state index is 0.309. The molecule has 30 heavy (non-hydrogen) atoms. The van der Waals surface area contributed by atoms with Gasteiger partial charge in [0.1, 0.15) is 24.2 Å². The molecule has 1 aliphatic heterocycles. The number of alkyl halides is 3. The minimum Gasteiger partial charge on any atom is -0.490 e. The maximum absolute atomic E-state index is 12.7. The van der Waals surface area contributed by atoms with Gasteiger partial charge < -0.3 is 14.2 Å². The molecule has 0 aromatic heterocycles. The Bertz CT molecular complexity index is 913. The number of rotatable bonds is 7. The van der Waals surface area contributed by atoms with Crippen LogP contribution in [0, 0.1) is 0 Å². The monoisotopic (exact) mass is 420 g/mol. The first-order chi connectivity index (χ1) is 14.1. The zero-order chi connectivity index (χ0) is 21.9. The second kappa shape index (κ2) is 8.42. The van der Waals surface area contributed by atoms with Crippen molar-refractivity contribution in [3.63, 3.8) is 0 Å². The quantitative estimate of drug-likeness (QED) is 0.525. The van der Waals surface area contributed by atoms with Gasteiger partial charge in [0.05, 0.1) is 11.3 Å². The number of halogens is 3. The lowest BCUT2D eigenvalue weighted by atomic mass is 10.0. The fraction of sp³-hybridized carbons (Fsp3) is 0.348. The van der Waals surface area contributed by atoms with Gasteiger partial charge in [-0.2, -0.15) is 13.2 Å². The molecule has 7 heteroatoms. The van der Waals surface area contributed by atoms with Crippen molar-refractivity contribution < 1.29 is 32.2 Å². The summed E-state index contributed by atoms with van der Waals surface area (Å²) in [6.07, 6.45) is -3.40. The first-order valence-corrected chi connectivity index (χ1v) is 9.48. The van der Waals surface area contributed by atoms with Crippen LogP contribution in [0.3, 0.4) is 0 Å². The van der Waals surface area contributed by atoms with Crippen LogP contribution in [0.25, 0.3) is 0 Å². The van der Waals surface area contributed by atoms with E-state index in [0.717, 1.165) is 24.0 Å². The normalized spacial score (nSPS) is 16.9. The maximum atomic E-state index is 12.7. The Morgan fingerprint density at radius 1 is 1.03 bits per heavy atom. The smallest absolute Gasteiger partial charge is 0.416 e. The van der Waals surface area contributed by atoms with E-state index in [1.54, 1.807) is 38.1 Å². The molecule has 0 radical (unpaired) electrons. The number of ether oxygens (including phenoxy) is 3. The van der Waals surface area contributed by atoms with Crippen molar-refractivity contribution in [3.8, 4) is 11.5 Å². The molecule has 2 aromatic rings. The van der Waals surface area contributed by atoms with Crippen molar-refractivity contribution in [2.45, 2.75) is 45.1 Å². The van der Waals surface area contributed by atoms with Crippen LogP contribution in [0.1, 0.15) is 44.4 Å². The van der Waals surface area contributed by atoms with Crippen LogP contribution >= 0.6 is 0 Å². The highest BCUT2D eigenvalue weighted by atomic mass is 19.4. The summed E-state index contributed by atoms with van der Waals surface area (Å²) in [5.74, 6) is 1.90. The van der Waals surface area contributed by atoms with Crippen LogP contribution in [-0.4, -0.2) is 18.5 Å². The summed E-state index contributed by atoms with van der Waals surface area (Å²) in [7, 11) is 0. The van der Waals surface area contributed by atoms with Gasteiger partial charge in [0.15, 0.2) is 11.9 Å². The number of benzene rings is 2. The third-order valence-corrected chi connectivity index (χ3v) is 4.76. The van der Waals surface area contributed by atoms with Gasteiger partial charge >= 0.3 is 6.18 Å². The summed E-state index contributed by atoms with van der Waals surface area (Å²) in [6, 6.07) is 12.0. The van der Waals surface area contributed by atoms with E-state index in [9.17, 15) is 18.0 Å². The molecular weight excluding hydrogens is 397 g/mol.